The van der Waals surface area contributed by atoms with Crippen LogP contribution >= 0.6 is 0 Å². The van der Waals surface area contributed by atoms with Crippen molar-refractivity contribution in [1.82, 2.24) is 4.98 Å². The second-order valence-electron chi connectivity index (χ2n) is 4.69. The van der Waals surface area contributed by atoms with Gasteiger partial charge in [-0.15, -0.1) is 0 Å². The smallest absolute Gasteiger partial charge is 0.391 e. The minimum atomic E-state index is -0.886. The SMILES string of the molecule is NC(=O)Oc1ccc(C(O)C2CCCCC2)cn1. The molecule has 5 nitrogen and oxygen atoms in total. The van der Waals surface area contributed by atoms with Crippen molar-refractivity contribution in [3.05, 3.63) is 23.9 Å². The van der Waals surface area contributed by atoms with E-state index in [1.54, 1.807) is 12.1 Å². The van der Waals surface area contributed by atoms with E-state index in [1.165, 1.54) is 25.5 Å². The molecule has 2 rings (SSSR count). The van der Waals surface area contributed by atoms with E-state index in [2.05, 4.69) is 9.72 Å². The summed E-state index contributed by atoms with van der Waals surface area (Å²) in [6, 6.07) is 3.27. The Morgan fingerprint density at radius 3 is 2.67 bits per heavy atom. The van der Waals surface area contributed by atoms with Gasteiger partial charge in [-0.2, -0.15) is 0 Å². The van der Waals surface area contributed by atoms with Crippen LogP contribution in [0.3, 0.4) is 0 Å². The third-order valence-electron chi connectivity index (χ3n) is 3.40. The van der Waals surface area contributed by atoms with Crippen LogP contribution in [0.5, 0.6) is 5.88 Å². The molecule has 1 unspecified atom stereocenters. The van der Waals surface area contributed by atoms with Crippen molar-refractivity contribution < 1.29 is 14.6 Å². The van der Waals surface area contributed by atoms with E-state index in [9.17, 15) is 9.90 Å². The summed E-state index contributed by atoms with van der Waals surface area (Å²) in [7, 11) is 0. The summed E-state index contributed by atoms with van der Waals surface area (Å²) < 4.78 is 4.64. The predicted molar refractivity (Wildman–Crippen MR) is 66.0 cm³/mol. The number of hydrogen-bond acceptors (Lipinski definition) is 4. The molecule has 1 atom stereocenters. The lowest BCUT2D eigenvalue weighted by atomic mass is 9.83. The Hall–Kier alpha value is -1.62. The van der Waals surface area contributed by atoms with Gasteiger partial charge in [-0.3, -0.25) is 0 Å². The molecule has 1 saturated carbocycles. The lowest BCUT2D eigenvalue weighted by molar-refractivity contribution is 0.0845. The zero-order valence-electron chi connectivity index (χ0n) is 10.2. The number of aromatic nitrogens is 1. The Morgan fingerprint density at radius 2 is 2.11 bits per heavy atom. The van der Waals surface area contributed by atoms with E-state index in [-0.39, 0.29) is 5.88 Å². The molecule has 1 aliphatic rings. The first-order valence-corrected chi connectivity index (χ1v) is 6.28. The van der Waals surface area contributed by atoms with Crippen LogP contribution in [0.4, 0.5) is 4.79 Å². The van der Waals surface area contributed by atoms with Crippen molar-refractivity contribution in [3.63, 3.8) is 0 Å². The van der Waals surface area contributed by atoms with Gasteiger partial charge in [-0.05, 0) is 30.4 Å². The average Bonchev–Trinajstić information content (AvgIpc) is 2.39. The van der Waals surface area contributed by atoms with Gasteiger partial charge in [-0.25, -0.2) is 9.78 Å². The van der Waals surface area contributed by atoms with Crippen LogP contribution < -0.4 is 10.5 Å². The van der Waals surface area contributed by atoms with Gasteiger partial charge in [0.1, 0.15) is 0 Å². The summed E-state index contributed by atoms with van der Waals surface area (Å²) in [6.07, 6.45) is 5.89. The highest BCUT2D eigenvalue weighted by Crippen LogP contribution is 2.34. The van der Waals surface area contributed by atoms with Gasteiger partial charge >= 0.3 is 6.09 Å². The van der Waals surface area contributed by atoms with Crippen molar-refractivity contribution in [2.45, 2.75) is 38.2 Å². The standard InChI is InChI=1S/C13H18N2O3/c14-13(17)18-11-7-6-10(8-15-11)12(16)9-4-2-1-3-5-9/h6-9,12,16H,1-5H2,(H2,14,17). The fourth-order valence-corrected chi connectivity index (χ4v) is 2.45. The molecule has 5 heteroatoms. The number of nitrogens with zero attached hydrogens (tertiary/aromatic N) is 1. The number of aliphatic hydroxyl groups excluding tert-OH is 1. The van der Waals surface area contributed by atoms with Crippen molar-refractivity contribution in [2.24, 2.45) is 11.7 Å². The van der Waals surface area contributed by atoms with Crippen LogP contribution in [0.2, 0.25) is 0 Å². The van der Waals surface area contributed by atoms with Crippen LogP contribution in [-0.2, 0) is 0 Å². The number of primary amides is 1. The van der Waals surface area contributed by atoms with Crippen molar-refractivity contribution in [3.8, 4) is 5.88 Å². The number of pyridine rings is 1. The number of aliphatic hydroxyl groups is 1. The Morgan fingerprint density at radius 1 is 1.39 bits per heavy atom. The first-order valence-electron chi connectivity index (χ1n) is 6.28. The molecule has 0 spiro atoms. The van der Waals surface area contributed by atoms with Crippen LogP contribution in [0.15, 0.2) is 18.3 Å². The molecule has 0 saturated heterocycles. The number of carbonyl (C=O) groups excluding carboxylic acids is 1. The third kappa shape index (κ3) is 3.20. The van der Waals surface area contributed by atoms with Crippen LogP contribution in [0, 0.1) is 5.92 Å². The molecule has 1 aliphatic carbocycles. The molecular weight excluding hydrogens is 232 g/mol. The molecule has 1 aromatic heterocycles. The predicted octanol–water partition coefficient (Wildman–Crippen LogP) is 2.15. The fourth-order valence-electron chi connectivity index (χ4n) is 2.45. The number of amides is 1. The normalized spacial score (nSPS) is 18.3. The summed E-state index contributed by atoms with van der Waals surface area (Å²) in [4.78, 5) is 14.5. The summed E-state index contributed by atoms with van der Waals surface area (Å²) in [6.45, 7) is 0. The minimum absolute atomic E-state index is 0.155. The van der Waals surface area contributed by atoms with Crippen LogP contribution in [-0.4, -0.2) is 16.2 Å². The quantitative estimate of drug-likeness (QED) is 0.860. The molecule has 1 aromatic rings. The molecule has 0 aromatic carbocycles. The van der Waals surface area contributed by atoms with Gasteiger partial charge in [0.25, 0.3) is 0 Å². The van der Waals surface area contributed by atoms with E-state index in [1.807, 2.05) is 0 Å². The second-order valence-corrected chi connectivity index (χ2v) is 4.69. The van der Waals surface area contributed by atoms with Gasteiger partial charge in [0.05, 0.1) is 6.10 Å². The fraction of sp³-hybridized carbons (Fsp3) is 0.538. The second kappa shape index (κ2) is 5.82. The molecule has 0 bridgehead atoms. The Balaban J connectivity index is 2.01. The minimum Gasteiger partial charge on any atom is -0.391 e. The maximum atomic E-state index is 10.5. The van der Waals surface area contributed by atoms with E-state index < -0.39 is 12.2 Å². The van der Waals surface area contributed by atoms with Crippen molar-refractivity contribution in [1.29, 1.82) is 0 Å². The van der Waals surface area contributed by atoms with E-state index in [4.69, 9.17) is 5.73 Å². The summed E-state index contributed by atoms with van der Waals surface area (Å²) in [5.74, 6) is 0.463. The lowest BCUT2D eigenvalue weighted by Crippen LogP contribution is -2.18. The third-order valence-corrected chi connectivity index (χ3v) is 3.40. The molecule has 1 amide bonds. The summed E-state index contributed by atoms with van der Waals surface area (Å²) in [5, 5.41) is 10.2. The monoisotopic (exact) mass is 250 g/mol. The van der Waals surface area contributed by atoms with E-state index in [0.717, 1.165) is 18.4 Å². The highest BCUT2D eigenvalue weighted by atomic mass is 16.6. The average molecular weight is 250 g/mol. The number of hydrogen-bond donors (Lipinski definition) is 2. The zero-order chi connectivity index (χ0) is 13.0. The lowest BCUT2D eigenvalue weighted by Gasteiger charge is -2.26. The first-order chi connectivity index (χ1) is 8.66. The van der Waals surface area contributed by atoms with Crippen molar-refractivity contribution >= 4 is 6.09 Å². The topological polar surface area (TPSA) is 85.4 Å². The van der Waals surface area contributed by atoms with E-state index >= 15 is 0 Å². The van der Waals surface area contributed by atoms with Crippen molar-refractivity contribution in [2.75, 3.05) is 0 Å². The number of nitrogens with two attached hydrogens (primary N) is 1. The van der Waals surface area contributed by atoms with E-state index in [0.29, 0.717) is 5.92 Å². The Labute approximate surface area is 106 Å². The van der Waals surface area contributed by atoms with Gasteiger partial charge in [0, 0.05) is 12.3 Å². The Kier molecular flexibility index (Phi) is 4.15. The highest BCUT2D eigenvalue weighted by Gasteiger charge is 2.23. The summed E-state index contributed by atoms with van der Waals surface area (Å²) >= 11 is 0. The molecule has 3 N–H and O–H groups in total. The number of rotatable bonds is 3. The molecule has 98 valence electrons. The Bertz CT molecular complexity index is 399. The van der Waals surface area contributed by atoms with Gasteiger partial charge in [-0.1, -0.05) is 19.3 Å². The first kappa shape index (κ1) is 12.8. The molecule has 0 radical (unpaired) electrons. The van der Waals surface area contributed by atoms with Gasteiger partial charge < -0.3 is 15.6 Å². The zero-order valence-corrected chi connectivity index (χ0v) is 10.2. The molecule has 1 heterocycles. The number of carbonyl (C=O) groups is 1. The highest BCUT2D eigenvalue weighted by molar-refractivity contribution is 5.67. The molecule has 18 heavy (non-hydrogen) atoms. The molecule has 1 fully saturated rings. The number of ether oxygens (including phenoxy) is 1. The van der Waals surface area contributed by atoms with Gasteiger partial charge in [0.15, 0.2) is 0 Å². The maximum absolute atomic E-state index is 10.5. The molecular formula is C13H18N2O3. The van der Waals surface area contributed by atoms with Gasteiger partial charge in [0.2, 0.25) is 5.88 Å². The summed E-state index contributed by atoms with van der Waals surface area (Å²) in [5.41, 5.74) is 5.65. The maximum Gasteiger partial charge on any atom is 0.411 e. The molecule has 0 aliphatic heterocycles. The van der Waals surface area contributed by atoms with Crippen LogP contribution in [0.1, 0.15) is 43.8 Å². The van der Waals surface area contributed by atoms with Crippen LogP contribution in [0.25, 0.3) is 0 Å². The largest absolute Gasteiger partial charge is 0.411 e.